The van der Waals surface area contributed by atoms with Crippen LogP contribution in [0.1, 0.15) is 12.8 Å². The van der Waals surface area contributed by atoms with E-state index in [2.05, 4.69) is 15.6 Å². The number of anilines is 2. The average Bonchev–Trinajstić information content (AvgIpc) is 3.50. The molecule has 0 aliphatic heterocycles. The highest BCUT2D eigenvalue weighted by molar-refractivity contribution is 7.92. The standard InChI is InChI=1S/C22H17Cl2N5O5S2/c23-15-9-12(26-21(31)28-36(33,34)19-8-7-18(24)35-19)4-6-17(15)29-20(30)14-5-3-13(25-11-1-2-11)10-16(14)27-22(29)32/h3-11,25H,1-2H2,(H,27,32)(H2,26,28,31). The van der Waals surface area contributed by atoms with Crippen LogP contribution in [0.2, 0.25) is 9.36 Å². The Hall–Kier alpha value is -3.32. The number of fused-ring (bicyclic) bond motifs is 1. The fourth-order valence-corrected chi connectivity index (χ4v) is 6.18. The van der Waals surface area contributed by atoms with Crippen molar-refractivity contribution in [2.75, 3.05) is 10.6 Å². The van der Waals surface area contributed by atoms with Crippen molar-refractivity contribution >= 4 is 72.9 Å². The van der Waals surface area contributed by atoms with Gasteiger partial charge in [0.05, 0.1) is 25.9 Å². The van der Waals surface area contributed by atoms with Crippen LogP contribution in [0.15, 0.2) is 62.3 Å². The summed E-state index contributed by atoms with van der Waals surface area (Å²) in [5.41, 5.74) is 0.198. The predicted molar refractivity (Wildman–Crippen MR) is 140 cm³/mol. The van der Waals surface area contributed by atoms with E-state index < -0.39 is 27.3 Å². The third kappa shape index (κ3) is 4.98. The summed E-state index contributed by atoms with van der Waals surface area (Å²) in [6.45, 7) is 0. The van der Waals surface area contributed by atoms with Crippen molar-refractivity contribution in [2.24, 2.45) is 0 Å². The van der Waals surface area contributed by atoms with Crippen molar-refractivity contribution in [3.05, 3.63) is 78.7 Å². The molecule has 186 valence electrons. The summed E-state index contributed by atoms with van der Waals surface area (Å²) in [5, 5.41) is 5.96. The van der Waals surface area contributed by atoms with Gasteiger partial charge >= 0.3 is 11.7 Å². The second kappa shape index (κ2) is 9.28. The zero-order valence-electron chi connectivity index (χ0n) is 18.2. The number of carbonyl (C=O) groups excluding carboxylic acids is 1. The summed E-state index contributed by atoms with van der Waals surface area (Å²) in [5.74, 6) is 0. The molecule has 2 aromatic carbocycles. The zero-order chi connectivity index (χ0) is 25.6. The van der Waals surface area contributed by atoms with Crippen LogP contribution >= 0.6 is 34.5 Å². The Morgan fingerprint density at radius 2 is 1.78 bits per heavy atom. The molecule has 5 rings (SSSR count). The van der Waals surface area contributed by atoms with Gasteiger partial charge in [-0.1, -0.05) is 23.2 Å². The number of hydrogen-bond donors (Lipinski definition) is 4. The molecule has 0 saturated heterocycles. The molecular weight excluding hydrogens is 549 g/mol. The smallest absolute Gasteiger partial charge is 0.333 e. The van der Waals surface area contributed by atoms with E-state index >= 15 is 0 Å². The summed E-state index contributed by atoms with van der Waals surface area (Å²) in [4.78, 5) is 40.8. The van der Waals surface area contributed by atoms with Crippen molar-refractivity contribution in [3.63, 3.8) is 0 Å². The van der Waals surface area contributed by atoms with Gasteiger partial charge < -0.3 is 15.6 Å². The van der Waals surface area contributed by atoms with Crippen molar-refractivity contribution < 1.29 is 13.2 Å². The lowest BCUT2D eigenvalue weighted by Crippen LogP contribution is -2.34. The average molecular weight is 566 g/mol. The van der Waals surface area contributed by atoms with E-state index in [1.54, 1.807) is 18.2 Å². The number of H-pyrrole nitrogens is 1. The third-order valence-corrected chi connectivity index (χ3v) is 8.69. The van der Waals surface area contributed by atoms with Crippen LogP contribution < -0.4 is 26.6 Å². The van der Waals surface area contributed by atoms with Gasteiger partial charge in [-0.15, -0.1) is 11.3 Å². The summed E-state index contributed by atoms with van der Waals surface area (Å²) >= 11 is 12.9. The Kier molecular flexibility index (Phi) is 6.29. The molecule has 4 aromatic rings. The van der Waals surface area contributed by atoms with Gasteiger partial charge in [0.15, 0.2) is 0 Å². The maximum absolute atomic E-state index is 13.1. The molecule has 10 nitrogen and oxygen atoms in total. The number of hydrogen-bond acceptors (Lipinski definition) is 7. The van der Waals surface area contributed by atoms with Crippen molar-refractivity contribution in [3.8, 4) is 5.69 Å². The van der Waals surface area contributed by atoms with Crippen LogP contribution in [0.4, 0.5) is 16.2 Å². The van der Waals surface area contributed by atoms with Crippen LogP contribution in [-0.4, -0.2) is 30.0 Å². The van der Waals surface area contributed by atoms with Gasteiger partial charge in [-0.3, -0.25) is 4.79 Å². The minimum Gasteiger partial charge on any atom is -0.382 e. The van der Waals surface area contributed by atoms with Gasteiger partial charge in [-0.05, 0) is 61.4 Å². The number of halogens is 2. The lowest BCUT2D eigenvalue weighted by Gasteiger charge is -2.12. The topological polar surface area (TPSA) is 142 Å². The summed E-state index contributed by atoms with van der Waals surface area (Å²) in [6, 6.07) is 11.2. The maximum atomic E-state index is 13.1. The van der Waals surface area contributed by atoms with Crippen molar-refractivity contribution in [2.45, 2.75) is 23.1 Å². The van der Waals surface area contributed by atoms with Crippen LogP contribution in [0.5, 0.6) is 0 Å². The van der Waals surface area contributed by atoms with Gasteiger partial charge in [0.1, 0.15) is 4.21 Å². The van der Waals surface area contributed by atoms with E-state index in [1.165, 1.54) is 30.3 Å². The molecule has 14 heteroatoms. The van der Waals surface area contributed by atoms with E-state index in [0.29, 0.717) is 16.9 Å². The molecule has 0 spiro atoms. The number of thiophene rings is 1. The normalized spacial score (nSPS) is 13.5. The lowest BCUT2D eigenvalue weighted by molar-refractivity contribution is 0.256. The number of nitrogens with zero attached hydrogens (tertiary/aromatic N) is 1. The fourth-order valence-electron chi connectivity index (χ4n) is 3.53. The molecule has 4 N–H and O–H groups in total. The number of aromatic nitrogens is 2. The van der Waals surface area contributed by atoms with Crippen LogP contribution in [0, 0.1) is 0 Å². The summed E-state index contributed by atoms with van der Waals surface area (Å²) < 4.78 is 27.5. The molecule has 2 heterocycles. The lowest BCUT2D eigenvalue weighted by atomic mass is 10.2. The Bertz CT molecular complexity index is 1740. The first kappa shape index (κ1) is 24.4. The Morgan fingerprint density at radius 1 is 1.03 bits per heavy atom. The van der Waals surface area contributed by atoms with Gasteiger partial charge in [-0.25, -0.2) is 27.3 Å². The number of sulfonamides is 1. The Morgan fingerprint density at radius 3 is 2.44 bits per heavy atom. The van der Waals surface area contributed by atoms with E-state index in [9.17, 15) is 22.8 Å². The quantitative estimate of drug-likeness (QED) is 0.277. The molecule has 2 aromatic heterocycles. The minimum absolute atomic E-state index is 0.0142. The first-order valence-corrected chi connectivity index (χ1v) is 13.6. The highest BCUT2D eigenvalue weighted by Gasteiger charge is 2.22. The number of rotatable bonds is 6. The first-order valence-electron chi connectivity index (χ1n) is 10.6. The SMILES string of the molecule is O=C(Nc1ccc(-n2c(=O)[nH]c3cc(NC4CC4)ccc3c2=O)c(Cl)c1)NS(=O)(=O)c1ccc(Cl)s1. The number of benzene rings is 2. The molecular formula is C22H17Cl2N5O5S2. The molecule has 2 amide bonds. The molecule has 1 aliphatic carbocycles. The van der Waals surface area contributed by atoms with E-state index in [4.69, 9.17) is 23.2 Å². The maximum Gasteiger partial charge on any atom is 0.333 e. The molecule has 0 bridgehead atoms. The molecule has 0 radical (unpaired) electrons. The van der Waals surface area contributed by atoms with E-state index in [0.717, 1.165) is 34.4 Å². The number of carbonyl (C=O) groups is 1. The predicted octanol–water partition coefficient (Wildman–Crippen LogP) is 4.13. The van der Waals surface area contributed by atoms with E-state index in [1.807, 2.05) is 4.72 Å². The summed E-state index contributed by atoms with van der Waals surface area (Å²) in [6.07, 6.45) is 2.17. The molecule has 1 saturated carbocycles. The number of nitrogens with one attached hydrogen (secondary N) is 4. The molecule has 1 fully saturated rings. The largest absolute Gasteiger partial charge is 0.382 e. The van der Waals surface area contributed by atoms with Crippen molar-refractivity contribution in [1.82, 2.24) is 14.3 Å². The first-order chi connectivity index (χ1) is 17.1. The number of amides is 2. The van der Waals surface area contributed by atoms with Crippen LogP contribution in [-0.2, 0) is 10.0 Å². The number of urea groups is 1. The molecule has 36 heavy (non-hydrogen) atoms. The van der Waals surface area contributed by atoms with Crippen LogP contribution in [0.25, 0.3) is 16.6 Å². The highest BCUT2D eigenvalue weighted by Crippen LogP contribution is 2.27. The minimum atomic E-state index is -4.11. The second-order valence-electron chi connectivity index (χ2n) is 8.03. The monoisotopic (exact) mass is 565 g/mol. The molecule has 1 aliphatic rings. The fraction of sp³-hybridized carbons (Fsp3) is 0.136. The Labute approximate surface area is 217 Å². The molecule has 0 atom stereocenters. The third-order valence-electron chi connectivity index (χ3n) is 5.33. The van der Waals surface area contributed by atoms with E-state index in [-0.39, 0.29) is 24.9 Å². The second-order valence-corrected chi connectivity index (χ2v) is 12.1. The zero-order valence-corrected chi connectivity index (χ0v) is 21.3. The van der Waals surface area contributed by atoms with Gasteiger partial charge in [0.25, 0.3) is 15.6 Å². The van der Waals surface area contributed by atoms with Crippen molar-refractivity contribution in [1.29, 1.82) is 0 Å². The van der Waals surface area contributed by atoms with Gasteiger partial charge in [-0.2, -0.15) is 0 Å². The Balaban J connectivity index is 1.39. The summed E-state index contributed by atoms with van der Waals surface area (Å²) in [7, 11) is -4.11. The molecule has 0 unspecified atom stereocenters. The number of aromatic amines is 1. The highest BCUT2D eigenvalue weighted by atomic mass is 35.5. The van der Waals surface area contributed by atoms with Gasteiger partial charge in [0, 0.05) is 17.4 Å². The van der Waals surface area contributed by atoms with Gasteiger partial charge in [0.2, 0.25) is 0 Å². The van der Waals surface area contributed by atoms with Crippen LogP contribution in [0.3, 0.4) is 0 Å².